The van der Waals surface area contributed by atoms with Crippen LogP contribution in [0.4, 0.5) is 10.1 Å². The molecule has 2 aliphatic rings. The highest BCUT2D eigenvalue weighted by Crippen LogP contribution is 2.41. The van der Waals surface area contributed by atoms with Crippen LogP contribution in [0.3, 0.4) is 0 Å². The van der Waals surface area contributed by atoms with Gasteiger partial charge in [-0.2, -0.15) is 0 Å². The predicted molar refractivity (Wildman–Crippen MR) is 86.2 cm³/mol. The van der Waals surface area contributed by atoms with Gasteiger partial charge in [0.05, 0.1) is 0 Å². The maximum Gasteiger partial charge on any atom is 0.123 e. The zero-order valence-electron chi connectivity index (χ0n) is 13.2. The molecule has 0 radical (unpaired) electrons. The van der Waals surface area contributed by atoms with E-state index < -0.39 is 0 Å². The Hall–Kier alpha value is -1.09. The summed E-state index contributed by atoms with van der Waals surface area (Å²) >= 11 is 0. The van der Waals surface area contributed by atoms with Gasteiger partial charge in [-0.1, -0.05) is 13.3 Å². The molecule has 3 unspecified atom stereocenters. The molecule has 2 fully saturated rings. The summed E-state index contributed by atoms with van der Waals surface area (Å²) in [5.74, 6) is 0.726. The molecule has 0 spiro atoms. The average molecular weight is 290 g/mol. The van der Waals surface area contributed by atoms with Crippen molar-refractivity contribution >= 4 is 5.69 Å². The summed E-state index contributed by atoms with van der Waals surface area (Å²) in [5.41, 5.74) is 2.37. The fraction of sp³-hybridized carbons (Fsp3) is 0.667. The van der Waals surface area contributed by atoms with Crippen LogP contribution < -0.4 is 10.2 Å². The van der Waals surface area contributed by atoms with Gasteiger partial charge >= 0.3 is 0 Å². The summed E-state index contributed by atoms with van der Waals surface area (Å²) in [6.07, 6.45) is 6.68. The third-order valence-electron chi connectivity index (χ3n) is 5.27. The minimum absolute atomic E-state index is 0.126. The topological polar surface area (TPSA) is 15.3 Å². The molecule has 3 atom stereocenters. The summed E-state index contributed by atoms with van der Waals surface area (Å²) in [5, 5.41) is 3.43. The molecule has 1 aromatic carbocycles. The van der Waals surface area contributed by atoms with Crippen LogP contribution in [0.25, 0.3) is 0 Å². The van der Waals surface area contributed by atoms with Crippen LogP contribution in [0.1, 0.15) is 57.6 Å². The zero-order valence-corrected chi connectivity index (χ0v) is 13.2. The van der Waals surface area contributed by atoms with E-state index in [0.717, 1.165) is 24.6 Å². The Labute approximate surface area is 127 Å². The average Bonchev–Trinajstić information content (AvgIpc) is 2.96. The molecule has 0 amide bonds. The summed E-state index contributed by atoms with van der Waals surface area (Å²) in [7, 11) is 0. The fourth-order valence-corrected chi connectivity index (χ4v) is 4.30. The molecular formula is C18H27FN2. The lowest BCUT2D eigenvalue weighted by Crippen LogP contribution is -2.43. The fourth-order valence-electron chi connectivity index (χ4n) is 4.30. The van der Waals surface area contributed by atoms with Gasteiger partial charge in [-0.3, -0.25) is 0 Å². The Bertz CT molecular complexity index is 488. The number of benzene rings is 1. The van der Waals surface area contributed by atoms with Crippen LogP contribution in [0.2, 0.25) is 0 Å². The molecule has 1 N–H and O–H groups in total. The van der Waals surface area contributed by atoms with E-state index in [1.807, 2.05) is 6.07 Å². The lowest BCUT2D eigenvalue weighted by molar-refractivity contribution is 0.361. The van der Waals surface area contributed by atoms with E-state index in [4.69, 9.17) is 0 Å². The van der Waals surface area contributed by atoms with Gasteiger partial charge < -0.3 is 10.2 Å². The smallest absolute Gasteiger partial charge is 0.123 e. The molecule has 1 aliphatic heterocycles. The second-order valence-corrected chi connectivity index (χ2v) is 6.58. The van der Waals surface area contributed by atoms with E-state index in [1.54, 1.807) is 12.1 Å². The highest BCUT2D eigenvalue weighted by molar-refractivity contribution is 5.56. The third-order valence-corrected chi connectivity index (χ3v) is 5.27. The Morgan fingerprint density at radius 2 is 2.10 bits per heavy atom. The number of hydrogen-bond donors (Lipinski definition) is 1. The highest BCUT2D eigenvalue weighted by Gasteiger charge is 2.36. The molecule has 2 nitrogen and oxygen atoms in total. The quantitative estimate of drug-likeness (QED) is 0.891. The molecule has 116 valence electrons. The minimum Gasteiger partial charge on any atom is -0.368 e. The van der Waals surface area contributed by atoms with Crippen LogP contribution in [-0.4, -0.2) is 19.1 Å². The van der Waals surface area contributed by atoms with E-state index >= 15 is 0 Å². The van der Waals surface area contributed by atoms with Gasteiger partial charge in [-0.15, -0.1) is 0 Å². The maximum absolute atomic E-state index is 13.7. The minimum atomic E-state index is -0.126. The van der Waals surface area contributed by atoms with Crippen molar-refractivity contribution in [2.45, 2.75) is 58.0 Å². The second-order valence-electron chi connectivity index (χ2n) is 6.58. The first-order valence-corrected chi connectivity index (χ1v) is 8.50. The molecule has 1 saturated carbocycles. The number of halogens is 1. The van der Waals surface area contributed by atoms with E-state index in [-0.39, 0.29) is 11.9 Å². The van der Waals surface area contributed by atoms with Crippen molar-refractivity contribution in [2.75, 3.05) is 18.0 Å². The second kappa shape index (κ2) is 6.35. The molecule has 1 heterocycles. The lowest BCUT2D eigenvalue weighted by atomic mass is 9.90. The van der Waals surface area contributed by atoms with E-state index in [2.05, 4.69) is 24.1 Å². The molecule has 21 heavy (non-hydrogen) atoms. The number of fused-ring (bicyclic) bond motifs is 1. The first-order valence-electron chi connectivity index (χ1n) is 8.50. The Morgan fingerprint density at radius 1 is 1.29 bits per heavy atom. The van der Waals surface area contributed by atoms with Gasteiger partial charge in [0.25, 0.3) is 0 Å². The van der Waals surface area contributed by atoms with Crippen LogP contribution >= 0.6 is 0 Å². The molecule has 1 aliphatic carbocycles. The van der Waals surface area contributed by atoms with Crippen molar-refractivity contribution in [3.63, 3.8) is 0 Å². The molecule has 3 heteroatoms. The number of anilines is 1. The molecule has 0 bridgehead atoms. The molecular weight excluding hydrogens is 263 g/mol. The normalized spacial score (nSPS) is 26.7. The van der Waals surface area contributed by atoms with Crippen molar-refractivity contribution in [3.05, 3.63) is 29.6 Å². The van der Waals surface area contributed by atoms with Crippen molar-refractivity contribution in [2.24, 2.45) is 5.92 Å². The highest BCUT2D eigenvalue weighted by atomic mass is 19.1. The van der Waals surface area contributed by atoms with E-state index in [1.165, 1.54) is 37.8 Å². The summed E-state index contributed by atoms with van der Waals surface area (Å²) in [6, 6.07) is 6.22. The number of rotatable bonds is 4. The van der Waals surface area contributed by atoms with Crippen molar-refractivity contribution in [1.29, 1.82) is 0 Å². The van der Waals surface area contributed by atoms with Crippen molar-refractivity contribution < 1.29 is 4.39 Å². The largest absolute Gasteiger partial charge is 0.368 e. The Balaban J connectivity index is 1.93. The molecule has 1 aromatic rings. The summed E-state index contributed by atoms with van der Waals surface area (Å²) in [4.78, 5) is 2.57. The van der Waals surface area contributed by atoms with Crippen LogP contribution in [0, 0.1) is 11.7 Å². The van der Waals surface area contributed by atoms with Gasteiger partial charge in [-0.05, 0) is 68.8 Å². The number of hydrogen-bond acceptors (Lipinski definition) is 2. The van der Waals surface area contributed by atoms with Crippen molar-refractivity contribution in [1.82, 2.24) is 5.32 Å². The van der Waals surface area contributed by atoms with Gasteiger partial charge in [0, 0.05) is 24.3 Å². The zero-order chi connectivity index (χ0) is 14.8. The number of piperidine rings is 1. The first-order chi connectivity index (χ1) is 10.2. The molecule has 1 saturated heterocycles. The molecule has 3 rings (SSSR count). The molecule has 0 aromatic heterocycles. The van der Waals surface area contributed by atoms with E-state index in [0.29, 0.717) is 6.04 Å². The van der Waals surface area contributed by atoms with Gasteiger partial charge in [-0.25, -0.2) is 4.39 Å². The summed E-state index contributed by atoms with van der Waals surface area (Å²) < 4.78 is 13.7. The van der Waals surface area contributed by atoms with Crippen LogP contribution in [0.15, 0.2) is 18.2 Å². The van der Waals surface area contributed by atoms with Gasteiger partial charge in [0.15, 0.2) is 0 Å². The standard InChI is InChI=1S/C18H27FN2/c1-3-20-13(2)16-12-15(19)9-10-18(16)21-11-5-7-14-6-4-8-17(14)21/h9-10,12-14,17,20H,3-8,11H2,1-2H3. The first kappa shape index (κ1) is 14.8. The van der Waals surface area contributed by atoms with Crippen LogP contribution in [0.5, 0.6) is 0 Å². The lowest BCUT2D eigenvalue weighted by Gasteiger charge is -2.41. The van der Waals surface area contributed by atoms with Crippen LogP contribution in [-0.2, 0) is 0 Å². The monoisotopic (exact) mass is 290 g/mol. The Morgan fingerprint density at radius 3 is 2.90 bits per heavy atom. The third kappa shape index (κ3) is 2.94. The van der Waals surface area contributed by atoms with Gasteiger partial charge in [0.2, 0.25) is 0 Å². The maximum atomic E-state index is 13.7. The predicted octanol–water partition coefficient (Wildman–Crippen LogP) is 4.27. The van der Waals surface area contributed by atoms with E-state index in [9.17, 15) is 4.39 Å². The number of nitrogens with one attached hydrogen (secondary N) is 1. The Kier molecular flexibility index (Phi) is 4.48. The summed E-state index contributed by atoms with van der Waals surface area (Å²) in [6.45, 7) is 6.27. The SMILES string of the molecule is CCNC(C)c1cc(F)ccc1N1CCCC2CCCC21. The van der Waals surface area contributed by atoms with Crippen molar-refractivity contribution in [3.8, 4) is 0 Å². The number of nitrogens with zero attached hydrogens (tertiary/aromatic N) is 1. The van der Waals surface area contributed by atoms with Gasteiger partial charge in [0.1, 0.15) is 5.82 Å².